The summed E-state index contributed by atoms with van der Waals surface area (Å²) in [5.74, 6) is 0. The van der Waals surface area contributed by atoms with Crippen molar-refractivity contribution in [2.45, 2.75) is 39.4 Å². The van der Waals surface area contributed by atoms with E-state index in [1.165, 1.54) is 25.6 Å². The van der Waals surface area contributed by atoms with Gasteiger partial charge in [0, 0.05) is 12.4 Å². The van der Waals surface area contributed by atoms with Gasteiger partial charge in [-0.3, -0.25) is 14.9 Å². The minimum Gasteiger partial charge on any atom is -0.285 e. The van der Waals surface area contributed by atoms with Crippen molar-refractivity contribution in [3.63, 3.8) is 0 Å². The fourth-order valence-electron chi connectivity index (χ4n) is 1.49. The van der Waals surface area contributed by atoms with E-state index in [0.717, 1.165) is 25.3 Å². The fraction of sp³-hybridized carbons (Fsp3) is 0.692. The molecule has 0 aliphatic carbocycles. The Labute approximate surface area is 107 Å². The second-order valence-electron chi connectivity index (χ2n) is 4.33. The standard InChI is InChI=1S/C13H26BN3/c1-4-5-8-17(9-6-7-14)12-16-11-13(2)10-15-3/h10-11H,3-9,12,14H2,1-2H3/b13-10-,16-11-. The van der Waals surface area contributed by atoms with Crippen molar-refractivity contribution < 1.29 is 0 Å². The van der Waals surface area contributed by atoms with Crippen LogP contribution in [0.3, 0.4) is 0 Å². The van der Waals surface area contributed by atoms with Crippen LogP contribution in [0.1, 0.15) is 33.1 Å². The molecule has 0 aromatic carbocycles. The second-order valence-corrected chi connectivity index (χ2v) is 4.33. The van der Waals surface area contributed by atoms with E-state index in [9.17, 15) is 0 Å². The summed E-state index contributed by atoms with van der Waals surface area (Å²) in [6, 6.07) is 0. The van der Waals surface area contributed by atoms with E-state index < -0.39 is 0 Å². The molecule has 0 aromatic heterocycles. The van der Waals surface area contributed by atoms with Crippen LogP contribution >= 0.6 is 0 Å². The van der Waals surface area contributed by atoms with Crippen LogP contribution < -0.4 is 0 Å². The summed E-state index contributed by atoms with van der Waals surface area (Å²) in [4.78, 5) is 10.6. The van der Waals surface area contributed by atoms with Crippen LogP contribution in [0.25, 0.3) is 0 Å². The Morgan fingerprint density at radius 2 is 2.06 bits per heavy atom. The zero-order valence-electron chi connectivity index (χ0n) is 11.7. The molecule has 0 amide bonds. The number of hydrogen-bond acceptors (Lipinski definition) is 3. The molecule has 0 rings (SSSR count). The highest BCUT2D eigenvalue weighted by atomic mass is 15.2. The van der Waals surface area contributed by atoms with Gasteiger partial charge < -0.3 is 0 Å². The second kappa shape index (κ2) is 11.6. The van der Waals surface area contributed by atoms with Gasteiger partial charge in [-0.25, -0.2) is 0 Å². The first kappa shape index (κ1) is 16.1. The Morgan fingerprint density at radius 3 is 2.65 bits per heavy atom. The highest BCUT2D eigenvalue weighted by molar-refractivity contribution is 6.08. The molecule has 4 heteroatoms. The summed E-state index contributed by atoms with van der Waals surface area (Å²) in [5.41, 5.74) is 1.05. The maximum absolute atomic E-state index is 4.44. The van der Waals surface area contributed by atoms with Gasteiger partial charge in [-0.2, -0.15) is 0 Å². The fourth-order valence-corrected chi connectivity index (χ4v) is 1.49. The molecular weight excluding hydrogens is 209 g/mol. The Kier molecular flexibility index (Phi) is 11.0. The normalized spacial score (nSPS) is 12.5. The zero-order chi connectivity index (χ0) is 12.9. The minimum absolute atomic E-state index is 0.794. The summed E-state index contributed by atoms with van der Waals surface area (Å²) in [7, 11) is 2.23. The van der Waals surface area contributed by atoms with Gasteiger partial charge in [-0.15, -0.1) is 0 Å². The quantitative estimate of drug-likeness (QED) is 0.421. The highest BCUT2D eigenvalue weighted by Crippen LogP contribution is 1.99. The molecule has 0 aliphatic heterocycles. The third-order valence-electron chi connectivity index (χ3n) is 2.53. The van der Waals surface area contributed by atoms with Crippen molar-refractivity contribution >= 4 is 20.8 Å². The highest BCUT2D eigenvalue weighted by Gasteiger charge is 2.01. The van der Waals surface area contributed by atoms with Crippen LogP contribution in [0.4, 0.5) is 0 Å². The van der Waals surface area contributed by atoms with Crippen LogP contribution in [0, 0.1) is 0 Å². The molecular formula is C13H26BN3. The first-order valence-electron chi connectivity index (χ1n) is 6.59. The molecule has 0 heterocycles. The molecule has 0 radical (unpaired) electrons. The van der Waals surface area contributed by atoms with Gasteiger partial charge >= 0.3 is 0 Å². The maximum Gasteiger partial charge on any atom is 0.101 e. The first-order chi connectivity index (χ1) is 8.24. The van der Waals surface area contributed by atoms with E-state index in [0.29, 0.717) is 0 Å². The molecule has 0 saturated carbocycles. The molecule has 0 spiro atoms. The van der Waals surface area contributed by atoms with E-state index in [4.69, 9.17) is 0 Å². The molecule has 3 nitrogen and oxygen atoms in total. The average Bonchev–Trinajstić information content (AvgIpc) is 2.32. The molecule has 0 unspecified atom stereocenters. The predicted molar refractivity (Wildman–Crippen MR) is 81.1 cm³/mol. The SMILES string of the molecule is BCCCN(CCCC)C/N=C\C(C)=C/N=C. The van der Waals surface area contributed by atoms with Gasteiger partial charge in [-0.1, -0.05) is 19.7 Å². The maximum atomic E-state index is 4.44. The van der Waals surface area contributed by atoms with Gasteiger partial charge in [0.2, 0.25) is 0 Å². The molecule has 0 bridgehead atoms. The Balaban J connectivity index is 4.04. The van der Waals surface area contributed by atoms with E-state index >= 15 is 0 Å². The van der Waals surface area contributed by atoms with Crippen molar-refractivity contribution in [1.82, 2.24) is 4.90 Å². The molecule has 0 saturated heterocycles. The van der Waals surface area contributed by atoms with E-state index in [1.54, 1.807) is 6.20 Å². The number of allylic oxidation sites excluding steroid dienone is 1. The van der Waals surface area contributed by atoms with Crippen molar-refractivity contribution in [2.75, 3.05) is 19.8 Å². The first-order valence-corrected chi connectivity index (χ1v) is 6.59. The number of hydrogen-bond donors (Lipinski definition) is 0. The number of rotatable bonds is 10. The molecule has 0 N–H and O–H groups in total. The Hall–Kier alpha value is -0.895. The van der Waals surface area contributed by atoms with Crippen LogP contribution in [0.5, 0.6) is 0 Å². The van der Waals surface area contributed by atoms with Crippen LogP contribution in [0.15, 0.2) is 21.8 Å². The molecule has 0 aromatic rings. The topological polar surface area (TPSA) is 28.0 Å². The average molecular weight is 235 g/mol. The van der Waals surface area contributed by atoms with E-state index in [1.807, 2.05) is 13.1 Å². The van der Waals surface area contributed by atoms with Gasteiger partial charge in [0.05, 0.1) is 6.67 Å². The van der Waals surface area contributed by atoms with Crippen molar-refractivity contribution in [3.8, 4) is 0 Å². The molecule has 96 valence electrons. The van der Waals surface area contributed by atoms with Crippen LogP contribution in [-0.4, -0.2) is 45.4 Å². The van der Waals surface area contributed by atoms with Crippen LogP contribution in [0.2, 0.25) is 6.32 Å². The number of nitrogens with zero attached hydrogens (tertiary/aromatic N) is 3. The lowest BCUT2D eigenvalue weighted by molar-refractivity contribution is 0.279. The lowest BCUT2D eigenvalue weighted by atomic mass is 10.0. The minimum atomic E-state index is 0.794. The van der Waals surface area contributed by atoms with Crippen LogP contribution in [-0.2, 0) is 0 Å². The van der Waals surface area contributed by atoms with Gasteiger partial charge in [0.15, 0.2) is 0 Å². The third kappa shape index (κ3) is 10.0. The summed E-state index contributed by atoms with van der Waals surface area (Å²) in [5, 5.41) is 0. The monoisotopic (exact) mass is 235 g/mol. The zero-order valence-corrected chi connectivity index (χ0v) is 11.7. The summed E-state index contributed by atoms with van der Waals surface area (Å²) < 4.78 is 0. The molecule has 0 atom stereocenters. The molecule has 17 heavy (non-hydrogen) atoms. The lowest BCUT2D eigenvalue weighted by Gasteiger charge is -2.19. The summed E-state index contributed by atoms with van der Waals surface area (Å²) in [6.45, 7) is 10.7. The Bertz CT molecular complexity index is 241. The summed E-state index contributed by atoms with van der Waals surface area (Å²) >= 11 is 0. The third-order valence-corrected chi connectivity index (χ3v) is 2.53. The smallest absolute Gasteiger partial charge is 0.101 e. The lowest BCUT2D eigenvalue weighted by Crippen LogP contribution is -2.26. The van der Waals surface area contributed by atoms with Crippen molar-refractivity contribution in [2.24, 2.45) is 9.98 Å². The van der Waals surface area contributed by atoms with Gasteiger partial charge in [0.1, 0.15) is 7.85 Å². The number of aliphatic imine (C=N–C) groups is 2. The van der Waals surface area contributed by atoms with E-state index in [-0.39, 0.29) is 0 Å². The van der Waals surface area contributed by atoms with Crippen molar-refractivity contribution in [3.05, 3.63) is 11.8 Å². The number of unbranched alkanes of at least 4 members (excludes halogenated alkanes) is 1. The van der Waals surface area contributed by atoms with Crippen molar-refractivity contribution in [1.29, 1.82) is 0 Å². The van der Waals surface area contributed by atoms with Gasteiger partial charge in [0.25, 0.3) is 0 Å². The van der Waals surface area contributed by atoms with E-state index in [2.05, 4.69) is 36.4 Å². The molecule has 0 fully saturated rings. The predicted octanol–water partition coefficient (Wildman–Crippen LogP) is 2.16. The summed E-state index contributed by atoms with van der Waals surface area (Å²) in [6.07, 6.45) is 8.59. The Morgan fingerprint density at radius 1 is 1.35 bits per heavy atom. The largest absolute Gasteiger partial charge is 0.285 e. The van der Waals surface area contributed by atoms with Gasteiger partial charge in [-0.05, 0) is 45.1 Å². The molecule has 0 aliphatic rings.